The van der Waals surface area contributed by atoms with Gasteiger partial charge in [0.15, 0.2) is 0 Å². The zero-order valence-electron chi connectivity index (χ0n) is 11.4. The number of nitrogens with zero attached hydrogens (tertiary/aromatic N) is 1. The molecule has 19 heavy (non-hydrogen) atoms. The minimum atomic E-state index is -0.643. The maximum Gasteiger partial charge on any atom is 0.134 e. The van der Waals surface area contributed by atoms with E-state index in [0.717, 1.165) is 19.6 Å². The Kier molecular flexibility index (Phi) is 4.56. The van der Waals surface area contributed by atoms with Crippen LogP contribution >= 0.6 is 0 Å². The molecule has 1 N–H and O–H groups in total. The van der Waals surface area contributed by atoms with Crippen LogP contribution in [0.1, 0.15) is 32.1 Å². The number of benzene rings is 1. The summed E-state index contributed by atoms with van der Waals surface area (Å²) < 4.78 is 18.6. The van der Waals surface area contributed by atoms with Crippen molar-refractivity contribution in [1.82, 2.24) is 4.90 Å². The van der Waals surface area contributed by atoms with Crippen molar-refractivity contribution >= 4 is 11.0 Å². The van der Waals surface area contributed by atoms with Crippen LogP contribution in [0.5, 0.6) is 0 Å². The van der Waals surface area contributed by atoms with Crippen molar-refractivity contribution in [2.75, 3.05) is 19.6 Å². The summed E-state index contributed by atoms with van der Waals surface area (Å²) in [6.45, 7) is 6.95. The van der Waals surface area contributed by atoms with Crippen molar-refractivity contribution in [1.29, 1.82) is 0 Å². The molecule has 0 spiro atoms. The molecule has 0 bridgehead atoms. The molecule has 0 amide bonds. The van der Waals surface area contributed by atoms with Gasteiger partial charge in [0.25, 0.3) is 0 Å². The lowest BCUT2D eigenvalue weighted by molar-refractivity contribution is 0.124. The van der Waals surface area contributed by atoms with Crippen LogP contribution in [-0.4, -0.2) is 29.6 Å². The monoisotopic (exact) mass is 265 g/mol. The van der Waals surface area contributed by atoms with E-state index in [2.05, 4.69) is 18.7 Å². The Bertz CT molecular complexity index is 534. The van der Waals surface area contributed by atoms with Crippen molar-refractivity contribution in [3.63, 3.8) is 0 Å². The number of aliphatic hydroxyl groups excluding tert-OH is 1. The number of furan rings is 1. The van der Waals surface area contributed by atoms with E-state index < -0.39 is 6.10 Å². The summed E-state index contributed by atoms with van der Waals surface area (Å²) in [6.07, 6.45) is -0.0275. The van der Waals surface area contributed by atoms with Gasteiger partial charge in [-0.05, 0) is 43.8 Å². The molecule has 0 aliphatic rings. The summed E-state index contributed by atoms with van der Waals surface area (Å²) in [5.74, 6) is 0.213. The van der Waals surface area contributed by atoms with E-state index in [1.807, 2.05) is 0 Å². The molecule has 0 radical (unpaired) electrons. The van der Waals surface area contributed by atoms with Crippen LogP contribution in [-0.2, 0) is 0 Å². The van der Waals surface area contributed by atoms with Gasteiger partial charge in [-0.1, -0.05) is 13.8 Å². The molecule has 0 aliphatic heterocycles. The van der Waals surface area contributed by atoms with Gasteiger partial charge < -0.3 is 14.4 Å². The fraction of sp³-hybridized carbons (Fsp3) is 0.467. The highest BCUT2D eigenvalue weighted by molar-refractivity contribution is 5.77. The van der Waals surface area contributed by atoms with Crippen LogP contribution in [0.25, 0.3) is 11.0 Å². The molecule has 0 aliphatic carbocycles. The van der Waals surface area contributed by atoms with Crippen LogP contribution in [0.2, 0.25) is 0 Å². The Balaban J connectivity index is 2.06. The molecular weight excluding hydrogens is 245 g/mol. The molecule has 3 nitrogen and oxygen atoms in total. The van der Waals surface area contributed by atoms with Crippen molar-refractivity contribution < 1.29 is 13.9 Å². The summed E-state index contributed by atoms with van der Waals surface area (Å²) in [7, 11) is 0. The lowest BCUT2D eigenvalue weighted by atomic mass is 10.1. The quantitative estimate of drug-likeness (QED) is 0.870. The number of halogens is 1. The fourth-order valence-electron chi connectivity index (χ4n) is 2.19. The van der Waals surface area contributed by atoms with Crippen molar-refractivity contribution in [3.8, 4) is 0 Å². The summed E-state index contributed by atoms with van der Waals surface area (Å²) in [5, 5.41) is 10.8. The molecule has 4 heteroatoms. The first-order valence-corrected chi connectivity index (χ1v) is 6.73. The Morgan fingerprint density at radius 3 is 2.68 bits per heavy atom. The molecule has 1 heterocycles. The molecule has 2 rings (SSSR count). The van der Waals surface area contributed by atoms with E-state index in [1.54, 1.807) is 12.1 Å². The lowest BCUT2D eigenvalue weighted by Crippen LogP contribution is -2.25. The average molecular weight is 265 g/mol. The number of fused-ring (bicyclic) bond motifs is 1. The molecule has 2 aromatic rings. The topological polar surface area (TPSA) is 36.6 Å². The van der Waals surface area contributed by atoms with E-state index in [9.17, 15) is 9.50 Å². The second-order valence-electron chi connectivity index (χ2n) is 4.66. The van der Waals surface area contributed by atoms with Gasteiger partial charge in [-0.15, -0.1) is 0 Å². The first kappa shape index (κ1) is 14.0. The highest BCUT2D eigenvalue weighted by Crippen LogP contribution is 2.26. The summed E-state index contributed by atoms with van der Waals surface area (Å²) >= 11 is 0. The van der Waals surface area contributed by atoms with Gasteiger partial charge in [0.1, 0.15) is 23.3 Å². The maximum atomic E-state index is 13.1. The largest absolute Gasteiger partial charge is 0.458 e. The van der Waals surface area contributed by atoms with Crippen LogP contribution < -0.4 is 0 Å². The third kappa shape index (κ3) is 3.33. The van der Waals surface area contributed by atoms with Gasteiger partial charge in [-0.25, -0.2) is 4.39 Å². The normalized spacial score (nSPS) is 13.3. The van der Waals surface area contributed by atoms with Gasteiger partial charge >= 0.3 is 0 Å². The molecule has 1 atom stereocenters. The van der Waals surface area contributed by atoms with E-state index >= 15 is 0 Å². The van der Waals surface area contributed by atoms with Gasteiger partial charge in [0.2, 0.25) is 0 Å². The predicted octanol–water partition coefficient (Wildman–Crippen LogP) is 3.34. The first-order chi connectivity index (χ1) is 9.13. The number of hydrogen-bond donors (Lipinski definition) is 1. The molecule has 104 valence electrons. The molecule has 1 aromatic carbocycles. The smallest absolute Gasteiger partial charge is 0.134 e. The second kappa shape index (κ2) is 6.17. The standard InChI is InChI=1S/C15H20FNO2/c1-3-17(4-2)8-7-13(18)15-10-11-9-12(16)5-6-14(11)19-15/h5-6,9-10,13,18H,3-4,7-8H2,1-2H3. The van der Waals surface area contributed by atoms with Crippen LogP contribution in [0.3, 0.4) is 0 Å². The van der Waals surface area contributed by atoms with Crippen LogP contribution in [0, 0.1) is 5.82 Å². The van der Waals surface area contributed by atoms with E-state index in [4.69, 9.17) is 4.42 Å². The molecular formula is C15H20FNO2. The highest BCUT2D eigenvalue weighted by atomic mass is 19.1. The third-order valence-corrected chi connectivity index (χ3v) is 3.44. The Morgan fingerprint density at radius 2 is 2.00 bits per heavy atom. The molecule has 0 saturated carbocycles. The van der Waals surface area contributed by atoms with Gasteiger partial charge in [-0.3, -0.25) is 0 Å². The second-order valence-corrected chi connectivity index (χ2v) is 4.66. The Hall–Kier alpha value is -1.39. The minimum absolute atomic E-state index is 0.294. The Morgan fingerprint density at radius 1 is 1.26 bits per heavy atom. The van der Waals surface area contributed by atoms with Crippen molar-refractivity contribution in [2.24, 2.45) is 0 Å². The summed E-state index contributed by atoms with van der Waals surface area (Å²) in [6, 6.07) is 6.08. The van der Waals surface area contributed by atoms with E-state index in [0.29, 0.717) is 23.2 Å². The molecule has 1 unspecified atom stereocenters. The molecule has 0 fully saturated rings. The predicted molar refractivity (Wildman–Crippen MR) is 73.5 cm³/mol. The number of hydrogen-bond acceptors (Lipinski definition) is 3. The van der Waals surface area contributed by atoms with Crippen molar-refractivity contribution in [2.45, 2.75) is 26.4 Å². The van der Waals surface area contributed by atoms with E-state index in [1.165, 1.54) is 12.1 Å². The lowest BCUT2D eigenvalue weighted by Gasteiger charge is -2.19. The van der Waals surface area contributed by atoms with Crippen molar-refractivity contribution in [3.05, 3.63) is 35.8 Å². The fourth-order valence-corrected chi connectivity index (χ4v) is 2.19. The van der Waals surface area contributed by atoms with Gasteiger partial charge in [0.05, 0.1) is 0 Å². The number of aliphatic hydroxyl groups is 1. The van der Waals surface area contributed by atoms with Crippen LogP contribution in [0.4, 0.5) is 4.39 Å². The average Bonchev–Trinajstić information content (AvgIpc) is 2.82. The summed E-state index contributed by atoms with van der Waals surface area (Å²) in [5.41, 5.74) is 0.610. The van der Waals surface area contributed by atoms with Gasteiger partial charge in [0, 0.05) is 11.9 Å². The molecule has 1 aromatic heterocycles. The summed E-state index contributed by atoms with van der Waals surface area (Å²) in [4.78, 5) is 2.24. The number of rotatable bonds is 6. The maximum absolute atomic E-state index is 13.1. The zero-order chi connectivity index (χ0) is 13.8. The Labute approximate surface area is 112 Å². The first-order valence-electron chi connectivity index (χ1n) is 6.73. The van der Waals surface area contributed by atoms with Crippen LogP contribution in [0.15, 0.2) is 28.7 Å². The van der Waals surface area contributed by atoms with E-state index in [-0.39, 0.29) is 5.82 Å². The highest BCUT2D eigenvalue weighted by Gasteiger charge is 2.14. The molecule has 0 saturated heterocycles. The minimum Gasteiger partial charge on any atom is -0.458 e. The zero-order valence-corrected chi connectivity index (χ0v) is 11.4. The SMILES string of the molecule is CCN(CC)CCC(O)c1cc2cc(F)ccc2o1. The van der Waals surface area contributed by atoms with Gasteiger partial charge in [-0.2, -0.15) is 0 Å². The third-order valence-electron chi connectivity index (χ3n) is 3.44.